The quantitative estimate of drug-likeness (QED) is 0.777. The monoisotopic (exact) mass is 409 g/mol. The highest BCUT2D eigenvalue weighted by Gasteiger charge is 2.36. The minimum Gasteiger partial charge on any atom is -0.497 e. The lowest BCUT2D eigenvalue weighted by molar-refractivity contribution is 0.0709. The smallest absolute Gasteiger partial charge is 0.324 e. The van der Waals surface area contributed by atoms with Crippen LogP contribution in [-0.4, -0.2) is 62.1 Å². The molecule has 2 aromatic carbocycles. The van der Waals surface area contributed by atoms with E-state index in [1.165, 1.54) is 0 Å². The molecule has 158 valence electrons. The zero-order chi connectivity index (χ0) is 21.3. The third-order valence-corrected chi connectivity index (χ3v) is 5.95. The molecule has 0 unspecified atom stereocenters. The predicted molar refractivity (Wildman–Crippen MR) is 114 cm³/mol. The molecule has 0 radical (unpaired) electrons. The number of methoxy groups -OCH3 is 2. The van der Waals surface area contributed by atoms with Crippen LogP contribution in [0.4, 0.5) is 10.5 Å². The second-order valence-electron chi connectivity index (χ2n) is 7.73. The van der Waals surface area contributed by atoms with Gasteiger partial charge in [-0.3, -0.25) is 9.69 Å². The molecule has 3 amide bonds. The Kier molecular flexibility index (Phi) is 5.53. The number of fused-ring (bicyclic) bond motifs is 1. The van der Waals surface area contributed by atoms with Gasteiger partial charge in [-0.05, 0) is 36.6 Å². The number of nitrogens with zero attached hydrogens (tertiary/aromatic N) is 3. The molecule has 2 aliphatic rings. The summed E-state index contributed by atoms with van der Waals surface area (Å²) >= 11 is 0. The molecule has 2 aliphatic heterocycles. The lowest BCUT2D eigenvalue weighted by Crippen LogP contribution is -2.54. The molecule has 4 rings (SSSR count). The van der Waals surface area contributed by atoms with Crippen LogP contribution in [-0.2, 0) is 6.54 Å². The Morgan fingerprint density at radius 3 is 2.47 bits per heavy atom. The minimum absolute atomic E-state index is 0.0234. The van der Waals surface area contributed by atoms with Crippen molar-refractivity contribution in [3.05, 3.63) is 53.6 Å². The van der Waals surface area contributed by atoms with E-state index < -0.39 is 0 Å². The van der Waals surface area contributed by atoms with Crippen molar-refractivity contribution in [2.75, 3.05) is 39.3 Å². The molecule has 2 heterocycles. The number of carbonyl (C=O) groups is 2. The Balaban J connectivity index is 1.49. The van der Waals surface area contributed by atoms with Gasteiger partial charge in [-0.2, -0.15) is 0 Å². The van der Waals surface area contributed by atoms with Gasteiger partial charge in [0.2, 0.25) is 0 Å². The first-order valence-electron chi connectivity index (χ1n) is 10.2. The number of hydrogen-bond donors (Lipinski definition) is 0. The molecule has 0 spiro atoms. The number of amides is 3. The van der Waals surface area contributed by atoms with Crippen molar-refractivity contribution in [3.8, 4) is 11.5 Å². The van der Waals surface area contributed by atoms with Crippen LogP contribution in [0.25, 0.3) is 0 Å². The number of hydrogen-bond acceptors (Lipinski definition) is 4. The Morgan fingerprint density at radius 2 is 1.77 bits per heavy atom. The van der Waals surface area contributed by atoms with Crippen molar-refractivity contribution in [3.63, 3.8) is 0 Å². The summed E-state index contributed by atoms with van der Waals surface area (Å²) in [5.41, 5.74) is 2.67. The van der Waals surface area contributed by atoms with Crippen molar-refractivity contribution in [2.45, 2.75) is 25.4 Å². The summed E-state index contributed by atoms with van der Waals surface area (Å²) in [7, 11) is 4.96. The summed E-state index contributed by atoms with van der Waals surface area (Å²) in [4.78, 5) is 31.5. The van der Waals surface area contributed by atoms with Crippen LogP contribution in [0, 0.1) is 0 Å². The van der Waals surface area contributed by atoms with E-state index in [1.54, 1.807) is 37.3 Å². The first-order chi connectivity index (χ1) is 14.5. The van der Waals surface area contributed by atoms with E-state index in [0.29, 0.717) is 36.7 Å². The minimum atomic E-state index is -0.0598. The largest absolute Gasteiger partial charge is 0.497 e. The second-order valence-corrected chi connectivity index (χ2v) is 7.73. The molecule has 0 bridgehead atoms. The lowest BCUT2D eigenvalue weighted by Gasteiger charge is -2.43. The third-order valence-electron chi connectivity index (χ3n) is 5.95. The summed E-state index contributed by atoms with van der Waals surface area (Å²) in [6.07, 6.45) is 1.47. The Bertz CT molecular complexity index is 953. The van der Waals surface area contributed by atoms with E-state index in [4.69, 9.17) is 9.47 Å². The predicted octanol–water partition coefficient (Wildman–Crippen LogP) is 3.38. The van der Waals surface area contributed by atoms with Crippen LogP contribution < -0.4 is 14.4 Å². The van der Waals surface area contributed by atoms with Gasteiger partial charge in [0.15, 0.2) is 0 Å². The first-order valence-corrected chi connectivity index (χ1v) is 10.2. The maximum atomic E-state index is 13.1. The van der Waals surface area contributed by atoms with Crippen molar-refractivity contribution in [1.82, 2.24) is 9.80 Å². The van der Waals surface area contributed by atoms with Gasteiger partial charge in [-0.1, -0.05) is 18.2 Å². The average Bonchev–Trinajstić information content (AvgIpc) is 2.79. The number of rotatable bonds is 4. The number of carbonyl (C=O) groups excluding carboxylic acids is 2. The van der Waals surface area contributed by atoms with Gasteiger partial charge in [-0.15, -0.1) is 0 Å². The van der Waals surface area contributed by atoms with Gasteiger partial charge in [0, 0.05) is 38.8 Å². The zero-order valence-corrected chi connectivity index (χ0v) is 17.6. The third kappa shape index (κ3) is 3.56. The second kappa shape index (κ2) is 8.26. The normalized spacial score (nSPS) is 17.0. The molecule has 0 aliphatic carbocycles. The van der Waals surface area contributed by atoms with Gasteiger partial charge in [-0.25, -0.2) is 4.79 Å². The molecule has 0 atom stereocenters. The van der Waals surface area contributed by atoms with Gasteiger partial charge < -0.3 is 19.3 Å². The summed E-state index contributed by atoms with van der Waals surface area (Å²) in [6.45, 7) is 1.81. The molecule has 0 aromatic heterocycles. The molecule has 1 fully saturated rings. The Hall–Kier alpha value is -3.22. The molecule has 2 aromatic rings. The first kappa shape index (κ1) is 20.1. The topological polar surface area (TPSA) is 62.3 Å². The van der Waals surface area contributed by atoms with Crippen LogP contribution in [0.2, 0.25) is 0 Å². The highest BCUT2D eigenvalue weighted by molar-refractivity contribution is 5.98. The molecule has 0 saturated carbocycles. The van der Waals surface area contributed by atoms with Gasteiger partial charge >= 0.3 is 6.03 Å². The Morgan fingerprint density at radius 1 is 1.03 bits per heavy atom. The maximum Gasteiger partial charge on any atom is 0.324 e. The number of urea groups is 1. The molecule has 7 heteroatoms. The number of ether oxygens (including phenoxy) is 2. The van der Waals surface area contributed by atoms with E-state index in [1.807, 2.05) is 35.0 Å². The van der Waals surface area contributed by atoms with Crippen LogP contribution in [0.5, 0.6) is 11.5 Å². The molecular formula is C23H27N3O4. The lowest BCUT2D eigenvalue weighted by atomic mass is 9.99. The highest BCUT2D eigenvalue weighted by Crippen LogP contribution is 2.33. The molecule has 7 nitrogen and oxygen atoms in total. The summed E-state index contributed by atoms with van der Waals surface area (Å²) in [6, 6.07) is 13.4. The number of piperidine rings is 1. The van der Waals surface area contributed by atoms with Gasteiger partial charge in [0.05, 0.1) is 25.5 Å². The van der Waals surface area contributed by atoms with Crippen molar-refractivity contribution >= 4 is 17.6 Å². The number of para-hydroxylation sites is 1. The standard InChI is InChI=1S/C23H27N3O4/c1-24-15-16-6-4-5-7-20(16)26(23(24)28)17-10-12-25(13-11-17)22(27)19-9-8-18(29-2)14-21(19)30-3/h4-9,14,17H,10-13,15H2,1-3H3. The van der Waals surface area contributed by atoms with E-state index in [2.05, 4.69) is 6.07 Å². The summed E-state index contributed by atoms with van der Waals surface area (Å²) < 4.78 is 10.6. The SMILES string of the molecule is COc1ccc(C(=O)N2CCC(N3C(=O)N(C)Cc4ccccc43)CC2)c(OC)c1. The number of likely N-dealkylation sites (tertiary alicyclic amines) is 1. The average molecular weight is 409 g/mol. The van der Waals surface area contributed by atoms with Gasteiger partial charge in [0.1, 0.15) is 11.5 Å². The fourth-order valence-corrected chi connectivity index (χ4v) is 4.32. The van der Waals surface area contributed by atoms with E-state index in [0.717, 1.165) is 24.1 Å². The van der Waals surface area contributed by atoms with Crippen LogP contribution in [0.15, 0.2) is 42.5 Å². The fourth-order valence-electron chi connectivity index (χ4n) is 4.32. The van der Waals surface area contributed by atoms with E-state index >= 15 is 0 Å². The van der Waals surface area contributed by atoms with E-state index in [-0.39, 0.29) is 18.0 Å². The Labute approximate surface area is 176 Å². The fraction of sp³-hybridized carbons (Fsp3) is 0.391. The molecule has 30 heavy (non-hydrogen) atoms. The van der Waals surface area contributed by atoms with Crippen molar-refractivity contribution < 1.29 is 19.1 Å². The van der Waals surface area contributed by atoms with Crippen molar-refractivity contribution in [1.29, 1.82) is 0 Å². The van der Waals surface area contributed by atoms with Crippen LogP contribution >= 0.6 is 0 Å². The van der Waals surface area contributed by atoms with Crippen molar-refractivity contribution in [2.24, 2.45) is 0 Å². The van der Waals surface area contributed by atoms with Gasteiger partial charge in [0.25, 0.3) is 5.91 Å². The molecule has 1 saturated heterocycles. The number of benzene rings is 2. The van der Waals surface area contributed by atoms with Crippen LogP contribution in [0.3, 0.4) is 0 Å². The van der Waals surface area contributed by atoms with E-state index in [9.17, 15) is 9.59 Å². The zero-order valence-electron chi connectivity index (χ0n) is 17.6. The maximum absolute atomic E-state index is 13.1. The summed E-state index contributed by atoms with van der Waals surface area (Å²) in [5.74, 6) is 1.09. The summed E-state index contributed by atoms with van der Waals surface area (Å²) in [5, 5.41) is 0. The molecule has 0 N–H and O–H groups in total. The number of anilines is 1. The van der Waals surface area contributed by atoms with Crippen LogP contribution in [0.1, 0.15) is 28.8 Å². The highest BCUT2D eigenvalue weighted by atomic mass is 16.5. The molecular weight excluding hydrogens is 382 g/mol.